The minimum Gasteiger partial charge on any atom is -0.497 e. The van der Waals surface area contributed by atoms with Gasteiger partial charge in [-0.2, -0.15) is 0 Å². The molecule has 2 aromatic carbocycles. The molecule has 3 rings (SSSR count). The number of hydrogen-bond acceptors (Lipinski definition) is 2. The highest BCUT2D eigenvalue weighted by Crippen LogP contribution is 2.29. The van der Waals surface area contributed by atoms with Crippen LogP contribution in [-0.4, -0.2) is 31.6 Å². The van der Waals surface area contributed by atoms with Crippen molar-refractivity contribution in [2.75, 3.05) is 26.7 Å². The summed E-state index contributed by atoms with van der Waals surface area (Å²) in [4.78, 5) is 2.64. The lowest BCUT2D eigenvalue weighted by Crippen LogP contribution is -2.35. The number of piperidine rings is 1. The van der Waals surface area contributed by atoms with Crippen molar-refractivity contribution >= 4 is 0 Å². The van der Waals surface area contributed by atoms with Gasteiger partial charge in [0.25, 0.3) is 0 Å². The lowest BCUT2D eigenvalue weighted by Gasteiger charge is -2.33. The number of nitrogens with zero attached hydrogens (tertiary/aromatic N) is 1. The molecule has 0 bridgehead atoms. The van der Waals surface area contributed by atoms with E-state index in [1.165, 1.54) is 56.4 Å². The first-order valence-electron chi connectivity index (χ1n) is 8.75. The first-order valence-corrected chi connectivity index (χ1v) is 8.75. The summed E-state index contributed by atoms with van der Waals surface area (Å²) in [5, 5.41) is 0. The smallest absolute Gasteiger partial charge is 0.119 e. The van der Waals surface area contributed by atoms with Gasteiger partial charge in [-0.3, -0.25) is 0 Å². The molecular weight excluding hydrogens is 282 g/mol. The maximum atomic E-state index is 5.37. The number of rotatable bonds is 6. The minimum atomic E-state index is 0.649. The van der Waals surface area contributed by atoms with E-state index in [4.69, 9.17) is 4.74 Å². The van der Waals surface area contributed by atoms with Gasteiger partial charge in [0.2, 0.25) is 0 Å². The molecule has 0 radical (unpaired) electrons. The largest absolute Gasteiger partial charge is 0.497 e. The zero-order chi connectivity index (χ0) is 15.9. The molecule has 1 fully saturated rings. The van der Waals surface area contributed by atoms with Gasteiger partial charge in [0, 0.05) is 6.54 Å². The van der Waals surface area contributed by atoms with Gasteiger partial charge < -0.3 is 9.64 Å². The second kappa shape index (κ2) is 8.16. The normalized spacial score (nSPS) is 18.7. The lowest BCUT2D eigenvalue weighted by atomic mass is 9.90. The fraction of sp³-hybridized carbons (Fsp3) is 0.429. The van der Waals surface area contributed by atoms with Crippen molar-refractivity contribution in [1.29, 1.82) is 0 Å². The van der Waals surface area contributed by atoms with Gasteiger partial charge in [-0.1, -0.05) is 42.5 Å². The molecule has 2 aromatic rings. The summed E-state index contributed by atoms with van der Waals surface area (Å²) in [5.74, 6) is 1.62. The van der Waals surface area contributed by atoms with E-state index < -0.39 is 0 Å². The molecule has 0 aliphatic carbocycles. The summed E-state index contributed by atoms with van der Waals surface area (Å²) < 4.78 is 5.37. The van der Waals surface area contributed by atoms with Crippen LogP contribution in [0.3, 0.4) is 0 Å². The lowest BCUT2D eigenvalue weighted by molar-refractivity contribution is 0.206. The number of methoxy groups -OCH3 is 1. The van der Waals surface area contributed by atoms with E-state index in [2.05, 4.69) is 53.4 Å². The van der Waals surface area contributed by atoms with Gasteiger partial charge in [-0.05, 0) is 68.0 Å². The van der Waals surface area contributed by atoms with Gasteiger partial charge in [0.1, 0.15) is 5.75 Å². The molecule has 2 heteroatoms. The monoisotopic (exact) mass is 309 g/mol. The Bertz CT molecular complexity index is 596. The van der Waals surface area contributed by atoms with Gasteiger partial charge in [-0.15, -0.1) is 0 Å². The zero-order valence-electron chi connectivity index (χ0n) is 14.1. The Hall–Kier alpha value is -1.80. The Kier molecular flexibility index (Phi) is 5.71. The minimum absolute atomic E-state index is 0.649. The van der Waals surface area contributed by atoms with Crippen LogP contribution in [0, 0.1) is 0 Å². The van der Waals surface area contributed by atoms with Crippen molar-refractivity contribution in [2.45, 2.75) is 31.6 Å². The molecule has 1 heterocycles. The second-order valence-electron chi connectivity index (χ2n) is 6.51. The summed E-state index contributed by atoms with van der Waals surface area (Å²) in [6, 6.07) is 19.4. The first-order chi connectivity index (χ1) is 11.3. The van der Waals surface area contributed by atoms with Crippen molar-refractivity contribution in [3.8, 4) is 5.75 Å². The quantitative estimate of drug-likeness (QED) is 0.778. The molecule has 1 unspecified atom stereocenters. The standard InChI is InChI=1S/C21H27NO/c1-23-21-13-5-11-19(16-21)20-12-7-15-22(17-20)14-6-10-18-8-3-2-4-9-18/h2-5,8-9,11,13,16,20H,6-7,10,12,14-15,17H2,1H3. The molecule has 1 aliphatic rings. The molecule has 1 atom stereocenters. The summed E-state index contributed by atoms with van der Waals surface area (Å²) in [7, 11) is 1.75. The van der Waals surface area contributed by atoms with Crippen LogP contribution >= 0.6 is 0 Å². The van der Waals surface area contributed by atoms with E-state index in [9.17, 15) is 0 Å². The Morgan fingerprint density at radius 3 is 2.78 bits per heavy atom. The van der Waals surface area contributed by atoms with Gasteiger partial charge >= 0.3 is 0 Å². The molecule has 0 N–H and O–H groups in total. The fourth-order valence-corrected chi connectivity index (χ4v) is 3.58. The van der Waals surface area contributed by atoms with Crippen LogP contribution in [0.4, 0.5) is 0 Å². The number of aryl methyl sites for hydroxylation is 1. The fourth-order valence-electron chi connectivity index (χ4n) is 3.58. The van der Waals surface area contributed by atoms with Crippen molar-refractivity contribution < 1.29 is 4.74 Å². The maximum Gasteiger partial charge on any atom is 0.119 e. The van der Waals surface area contributed by atoms with Crippen LogP contribution < -0.4 is 4.74 Å². The van der Waals surface area contributed by atoms with Crippen molar-refractivity contribution in [3.63, 3.8) is 0 Å². The van der Waals surface area contributed by atoms with Crippen LogP contribution in [0.2, 0.25) is 0 Å². The molecule has 122 valence electrons. The number of likely N-dealkylation sites (tertiary alicyclic amines) is 1. The molecule has 0 aromatic heterocycles. The van der Waals surface area contributed by atoms with E-state index in [1.807, 2.05) is 6.07 Å². The van der Waals surface area contributed by atoms with Crippen molar-refractivity contribution in [3.05, 3.63) is 65.7 Å². The Labute approximate surface area is 140 Å². The number of benzene rings is 2. The SMILES string of the molecule is COc1cccc(C2CCCN(CCCc3ccccc3)C2)c1. The van der Waals surface area contributed by atoms with Crippen LogP contribution in [-0.2, 0) is 6.42 Å². The van der Waals surface area contributed by atoms with Crippen LogP contribution in [0.25, 0.3) is 0 Å². The number of ether oxygens (including phenoxy) is 1. The molecular formula is C21H27NO. The van der Waals surface area contributed by atoms with Crippen LogP contribution in [0.1, 0.15) is 36.3 Å². The molecule has 0 amide bonds. The van der Waals surface area contributed by atoms with Crippen molar-refractivity contribution in [2.24, 2.45) is 0 Å². The maximum absolute atomic E-state index is 5.37. The third-order valence-electron chi connectivity index (χ3n) is 4.85. The third kappa shape index (κ3) is 4.59. The van der Waals surface area contributed by atoms with E-state index >= 15 is 0 Å². The van der Waals surface area contributed by atoms with E-state index in [-0.39, 0.29) is 0 Å². The van der Waals surface area contributed by atoms with Gasteiger partial charge in [-0.25, -0.2) is 0 Å². The highest BCUT2D eigenvalue weighted by atomic mass is 16.5. The van der Waals surface area contributed by atoms with E-state index in [0.29, 0.717) is 5.92 Å². The molecule has 2 nitrogen and oxygen atoms in total. The second-order valence-corrected chi connectivity index (χ2v) is 6.51. The number of hydrogen-bond donors (Lipinski definition) is 0. The average Bonchev–Trinajstić information content (AvgIpc) is 2.63. The summed E-state index contributed by atoms with van der Waals surface area (Å²) in [6.45, 7) is 3.63. The highest BCUT2D eigenvalue weighted by Gasteiger charge is 2.21. The zero-order valence-corrected chi connectivity index (χ0v) is 14.1. The topological polar surface area (TPSA) is 12.5 Å². The summed E-state index contributed by atoms with van der Waals surface area (Å²) in [6.07, 6.45) is 5.02. The molecule has 1 aliphatic heterocycles. The molecule has 0 spiro atoms. The van der Waals surface area contributed by atoms with Crippen molar-refractivity contribution in [1.82, 2.24) is 4.90 Å². The molecule has 1 saturated heterocycles. The Balaban J connectivity index is 1.51. The first kappa shape index (κ1) is 16.1. The van der Waals surface area contributed by atoms with E-state index in [0.717, 1.165) is 5.75 Å². The third-order valence-corrected chi connectivity index (χ3v) is 4.85. The Morgan fingerprint density at radius 1 is 1.09 bits per heavy atom. The summed E-state index contributed by atoms with van der Waals surface area (Å²) in [5.41, 5.74) is 2.88. The van der Waals surface area contributed by atoms with Crippen LogP contribution in [0.15, 0.2) is 54.6 Å². The van der Waals surface area contributed by atoms with Gasteiger partial charge in [0.05, 0.1) is 7.11 Å². The van der Waals surface area contributed by atoms with E-state index in [1.54, 1.807) is 7.11 Å². The Morgan fingerprint density at radius 2 is 1.96 bits per heavy atom. The average molecular weight is 309 g/mol. The molecule has 0 saturated carbocycles. The highest BCUT2D eigenvalue weighted by molar-refractivity contribution is 5.31. The van der Waals surface area contributed by atoms with Gasteiger partial charge in [0.15, 0.2) is 0 Å². The predicted molar refractivity (Wildman–Crippen MR) is 96.2 cm³/mol. The predicted octanol–water partition coefficient (Wildman–Crippen LogP) is 4.51. The molecule has 23 heavy (non-hydrogen) atoms. The summed E-state index contributed by atoms with van der Waals surface area (Å²) >= 11 is 0. The van der Waals surface area contributed by atoms with Crippen LogP contribution in [0.5, 0.6) is 5.75 Å².